The Kier molecular flexibility index (Phi) is 3.70. The topological polar surface area (TPSA) is 59.0 Å². The molecule has 0 amide bonds. The van der Waals surface area contributed by atoms with Gasteiger partial charge in [0, 0.05) is 13.5 Å². The van der Waals surface area contributed by atoms with Crippen molar-refractivity contribution in [3.05, 3.63) is 0 Å². The molecule has 1 N–H and O–H groups in total. The van der Waals surface area contributed by atoms with Crippen LogP contribution in [0.15, 0.2) is 0 Å². The van der Waals surface area contributed by atoms with Crippen molar-refractivity contribution in [2.24, 2.45) is 0 Å². The molecule has 88 valence electrons. The minimum atomic E-state index is -0.491. The molecule has 0 aromatic heterocycles. The molecule has 1 rings (SSSR count). The first-order chi connectivity index (χ1) is 6.83. The third-order valence-electron chi connectivity index (χ3n) is 2.12. The van der Waals surface area contributed by atoms with Gasteiger partial charge in [0.2, 0.25) is 0 Å². The zero-order chi connectivity index (χ0) is 11.6. The van der Waals surface area contributed by atoms with E-state index in [1.165, 1.54) is 5.06 Å². The third-order valence-corrected chi connectivity index (χ3v) is 2.12. The van der Waals surface area contributed by atoms with Crippen LogP contribution >= 0.6 is 0 Å². The number of hydroxylamine groups is 2. The SMILES string of the molecule is CN1O[C@@H](CO)C[C@@H]1C(=O)OC(C)(C)C. The molecule has 5 nitrogen and oxygen atoms in total. The monoisotopic (exact) mass is 217 g/mol. The predicted molar refractivity (Wildman–Crippen MR) is 54.0 cm³/mol. The van der Waals surface area contributed by atoms with Crippen molar-refractivity contribution in [2.45, 2.75) is 44.9 Å². The van der Waals surface area contributed by atoms with Crippen LogP contribution in [0.4, 0.5) is 0 Å². The number of carbonyl (C=O) groups excluding carboxylic acids is 1. The van der Waals surface area contributed by atoms with Crippen molar-refractivity contribution in [2.75, 3.05) is 13.7 Å². The summed E-state index contributed by atoms with van der Waals surface area (Å²) in [6, 6.07) is -0.415. The van der Waals surface area contributed by atoms with Crippen molar-refractivity contribution in [1.82, 2.24) is 5.06 Å². The normalized spacial score (nSPS) is 28.1. The van der Waals surface area contributed by atoms with Gasteiger partial charge in [0.25, 0.3) is 0 Å². The highest BCUT2D eigenvalue weighted by Crippen LogP contribution is 2.21. The maximum absolute atomic E-state index is 11.7. The second kappa shape index (κ2) is 4.47. The Bertz CT molecular complexity index is 236. The molecule has 0 aromatic carbocycles. The van der Waals surface area contributed by atoms with Gasteiger partial charge in [-0.2, -0.15) is 5.06 Å². The molecule has 15 heavy (non-hydrogen) atoms. The first-order valence-electron chi connectivity index (χ1n) is 5.07. The van der Waals surface area contributed by atoms with Gasteiger partial charge in [-0.05, 0) is 20.8 Å². The molecule has 0 unspecified atom stereocenters. The van der Waals surface area contributed by atoms with Gasteiger partial charge in [-0.25, -0.2) is 0 Å². The molecule has 1 saturated heterocycles. The Morgan fingerprint density at radius 2 is 2.20 bits per heavy atom. The maximum Gasteiger partial charge on any atom is 0.326 e. The van der Waals surface area contributed by atoms with E-state index in [1.807, 2.05) is 20.8 Å². The Morgan fingerprint density at radius 3 is 2.60 bits per heavy atom. The van der Waals surface area contributed by atoms with Crippen molar-refractivity contribution in [3.63, 3.8) is 0 Å². The van der Waals surface area contributed by atoms with E-state index in [1.54, 1.807) is 7.05 Å². The average Bonchev–Trinajstić information content (AvgIpc) is 2.43. The minimum absolute atomic E-state index is 0.0797. The Morgan fingerprint density at radius 1 is 1.60 bits per heavy atom. The lowest BCUT2D eigenvalue weighted by Gasteiger charge is -2.23. The van der Waals surface area contributed by atoms with Gasteiger partial charge in [-0.15, -0.1) is 0 Å². The van der Waals surface area contributed by atoms with Crippen LogP contribution < -0.4 is 0 Å². The van der Waals surface area contributed by atoms with Gasteiger partial charge in [-0.1, -0.05) is 0 Å². The minimum Gasteiger partial charge on any atom is -0.459 e. The molecule has 0 aliphatic carbocycles. The summed E-state index contributed by atoms with van der Waals surface area (Å²) in [6.45, 7) is 5.39. The van der Waals surface area contributed by atoms with Crippen LogP contribution in [0.5, 0.6) is 0 Å². The molecular weight excluding hydrogens is 198 g/mol. The van der Waals surface area contributed by atoms with E-state index in [9.17, 15) is 4.79 Å². The number of esters is 1. The summed E-state index contributed by atoms with van der Waals surface area (Å²) in [5.74, 6) is -0.305. The van der Waals surface area contributed by atoms with Crippen molar-refractivity contribution in [1.29, 1.82) is 0 Å². The summed E-state index contributed by atoms with van der Waals surface area (Å²) in [4.78, 5) is 16.9. The Labute approximate surface area is 89.9 Å². The Hall–Kier alpha value is -0.650. The molecule has 1 fully saturated rings. The summed E-state index contributed by atoms with van der Waals surface area (Å²) in [7, 11) is 1.67. The van der Waals surface area contributed by atoms with Gasteiger partial charge in [-0.3, -0.25) is 9.63 Å². The number of carbonyl (C=O) groups is 1. The van der Waals surface area contributed by atoms with E-state index in [4.69, 9.17) is 14.7 Å². The van der Waals surface area contributed by atoms with E-state index in [0.717, 1.165) is 0 Å². The van der Waals surface area contributed by atoms with Gasteiger partial charge >= 0.3 is 5.97 Å². The fraction of sp³-hybridized carbons (Fsp3) is 0.900. The molecule has 1 heterocycles. The standard InChI is InChI=1S/C10H19NO4/c1-10(2,3)14-9(13)8-5-7(6-12)15-11(8)4/h7-8,12H,5-6H2,1-4H3/t7-,8-/m1/s1. The van der Waals surface area contributed by atoms with Crippen LogP contribution in [0.2, 0.25) is 0 Å². The first kappa shape index (κ1) is 12.4. The number of rotatable bonds is 2. The number of aliphatic hydroxyl groups is 1. The van der Waals surface area contributed by atoms with Crippen LogP contribution in [0.1, 0.15) is 27.2 Å². The highest BCUT2D eigenvalue weighted by Gasteiger charge is 2.38. The van der Waals surface area contributed by atoms with Crippen LogP contribution in [0.3, 0.4) is 0 Å². The van der Waals surface area contributed by atoms with Gasteiger partial charge in [0.15, 0.2) is 0 Å². The van der Waals surface area contributed by atoms with Gasteiger partial charge < -0.3 is 9.84 Å². The third kappa shape index (κ3) is 3.44. The molecule has 0 radical (unpaired) electrons. The smallest absolute Gasteiger partial charge is 0.326 e. The molecule has 5 heteroatoms. The largest absolute Gasteiger partial charge is 0.459 e. The summed E-state index contributed by atoms with van der Waals surface area (Å²) in [6.07, 6.45) is 0.176. The van der Waals surface area contributed by atoms with Crippen LogP contribution in [-0.2, 0) is 14.4 Å². The lowest BCUT2D eigenvalue weighted by molar-refractivity contribution is -0.182. The quantitative estimate of drug-likeness (QED) is 0.675. The highest BCUT2D eigenvalue weighted by atomic mass is 16.7. The molecule has 1 aliphatic rings. The zero-order valence-electron chi connectivity index (χ0n) is 9.69. The summed E-state index contributed by atoms with van der Waals surface area (Å²) in [5.41, 5.74) is -0.491. The average molecular weight is 217 g/mol. The lowest BCUT2D eigenvalue weighted by atomic mass is 10.1. The maximum atomic E-state index is 11.7. The number of ether oxygens (including phenoxy) is 1. The molecule has 0 bridgehead atoms. The van der Waals surface area contributed by atoms with E-state index < -0.39 is 11.6 Å². The zero-order valence-corrected chi connectivity index (χ0v) is 9.69. The fourth-order valence-electron chi connectivity index (χ4n) is 1.47. The van der Waals surface area contributed by atoms with Crippen molar-refractivity contribution < 1.29 is 19.5 Å². The molecule has 1 aliphatic heterocycles. The number of nitrogens with zero attached hydrogens (tertiary/aromatic N) is 1. The van der Waals surface area contributed by atoms with E-state index >= 15 is 0 Å². The first-order valence-corrected chi connectivity index (χ1v) is 5.07. The second-order valence-corrected chi connectivity index (χ2v) is 4.74. The van der Waals surface area contributed by atoms with Crippen LogP contribution in [-0.4, -0.2) is 47.5 Å². The van der Waals surface area contributed by atoms with Crippen LogP contribution in [0.25, 0.3) is 0 Å². The summed E-state index contributed by atoms with van der Waals surface area (Å²) >= 11 is 0. The van der Waals surface area contributed by atoms with Crippen molar-refractivity contribution >= 4 is 5.97 Å². The van der Waals surface area contributed by atoms with E-state index in [2.05, 4.69) is 0 Å². The predicted octanol–water partition coefficient (Wildman–Crippen LogP) is 0.325. The molecular formula is C10H19NO4. The van der Waals surface area contributed by atoms with Crippen LogP contribution in [0, 0.1) is 0 Å². The van der Waals surface area contributed by atoms with E-state index in [-0.39, 0.29) is 18.7 Å². The van der Waals surface area contributed by atoms with Gasteiger partial charge in [0.1, 0.15) is 17.7 Å². The van der Waals surface area contributed by atoms with Crippen molar-refractivity contribution in [3.8, 4) is 0 Å². The molecule has 0 aromatic rings. The second-order valence-electron chi connectivity index (χ2n) is 4.74. The number of aliphatic hydroxyl groups excluding tert-OH is 1. The number of hydrogen-bond donors (Lipinski definition) is 1. The molecule has 0 saturated carbocycles. The molecule has 0 spiro atoms. The molecule has 2 atom stereocenters. The summed E-state index contributed by atoms with van der Waals surface area (Å²) < 4.78 is 5.24. The lowest BCUT2D eigenvalue weighted by Crippen LogP contribution is -2.37. The number of hydrogen-bond acceptors (Lipinski definition) is 5. The number of likely N-dealkylation sites (N-methyl/N-ethyl adjacent to an activating group) is 1. The summed E-state index contributed by atoms with van der Waals surface area (Å²) in [5, 5.41) is 10.4. The highest BCUT2D eigenvalue weighted by molar-refractivity contribution is 5.76. The van der Waals surface area contributed by atoms with Gasteiger partial charge in [0.05, 0.1) is 6.61 Å². The Balaban J connectivity index is 2.54. The van der Waals surface area contributed by atoms with E-state index in [0.29, 0.717) is 6.42 Å². The fourth-order valence-corrected chi connectivity index (χ4v) is 1.47.